The van der Waals surface area contributed by atoms with Crippen molar-refractivity contribution >= 4 is 33.7 Å². The first kappa shape index (κ1) is 10.9. The van der Waals surface area contributed by atoms with Gasteiger partial charge < -0.3 is 4.79 Å². The van der Waals surface area contributed by atoms with Gasteiger partial charge in [0.2, 0.25) is 0 Å². The van der Waals surface area contributed by atoms with Crippen LogP contribution in [-0.2, 0) is 11.2 Å². The second-order valence-electron chi connectivity index (χ2n) is 3.40. The standard InChI is InChI=1S/C9H12BrNOS/c1-3-9(2,6-12)4-8-7(10)5-11-13-8/h5-6H,3-4H2,1-2H3. The largest absolute Gasteiger partial charge is 0.303 e. The Morgan fingerprint density at radius 2 is 2.46 bits per heavy atom. The minimum atomic E-state index is -0.241. The Bertz CT molecular complexity index is 300. The molecule has 1 aromatic rings. The van der Waals surface area contributed by atoms with Crippen molar-refractivity contribution in [1.29, 1.82) is 0 Å². The van der Waals surface area contributed by atoms with E-state index in [9.17, 15) is 4.79 Å². The van der Waals surface area contributed by atoms with Gasteiger partial charge in [0, 0.05) is 10.3 Å². The number of carbonyl (C=O) groups excluding carboxylic acids is 1. The molecule has 0 radical (unpaired) electrons. The highest BCUT2D eigenvalue weighted by Gasteiger charge is 2.23. The van der Waals surface area contributed by atoms with E-state index in [4.69, 9.17) is 0 Å². The molecule has 0 aliphatic rings. The molecule has 72 valence electrons. The molecule has 0 N–H and O–H groups in total. The van der Waals surface area contributed by atoms with Gasteiger partial charge in [-0.2, -0.15) is 4.37 Å². The fourth-order valence-electron chi connectivity index (χ4n) is 0.985. The zero-order chi connectivity index (χ0) is 9.90. The van der Waals surface area contributed by atoms with Gasteiger partial charge in [-0.25, -0.2) is 0 Å². The summed E-state index contributed by atoms with van der Waals surface area (Å²) in [7, 11) is 0. The van der Waals surface area contributed by atoms with Crippen molar-refractivity contribution in [3.8, 4) is 0 Å². The van der Waals surface area contributed by atoms with Crippen LogP contribution in [0, 0.1) is 5.41 Å². The lowest BCUT2D eigenvalue weighted by atomic mass is 9.85. The van der Waals surface area contributed by atoms with Gasteiger partial charge in [-0.15, -0.1) is 0 Å². The summed E-state index contributed by atoms with van der Waals surface area (Å²) >= 11 is 4.86. The summed E-state index contributed by atoms with van der Waals surface area (Å²) in [6, 6.07) is 0. The van der Waals surface area contributed by atoms with Crippen molar-refractivity contribution in [3.05, 3.63) is 15.5 Å². The van der Waals surface area contributed by atoms with Gasteiger partial charge in [0.1, 0.15) is 6.29 Å². The highest BCUT2D eigenvalue weighted by atomic mass is 79.9. The lowest BCUT2D eigenvalue weighted by Gasteiger charge is -2.19. The first-order valence-electron chi connectivity index (χ1n) is 4.16. The number of hydrogen-bond acceptors (Lipinski definition) is 3. The van der Waals surface area contributed by atoms with Crippen LogP contribution in [0.3, 0.4) is 0 Å². The number of hydrogen-bond donors (Lipinski definition) is 0. The molecule has 1 heterocycles. The Morgan fingerprint density at radius 1 is 1.77 bits per heavy atom. The highest BCUT2D eigenvalue weighted by molar-refractivity contribution is 9.10. The lowest BCUT2D eigenvalue weighted by Crippen LogP contribution is -2.19. The molecule has 0 saturated heterocycles. The van der Waals surface area contributed by atoms with E-state index in [-0.39, 0.29) is 5.41 Å². The molecular weight excluding hydrogens is 250 g/mol. The molecule has 1 atom stereocenters. The zero-order valence-electron chi connectivity index (χ0n) is 7.71. The van der Waals surface area contributed by atoms with Crippen LogP contribution in [-0.4, -0.2) is 10.7 Å². The second-order valence-corrected chi connectivity index (χ2v) is 5.14. The van der Waals surface area contributed by atoms with Crippen LogP contribution in [0.5, 0.6) is 0 Å². The summed E-state index contributed by atoms with van der Waals surface area (Å²) in [6.45, 7) is 4.01. The average molecular weight is 262 g/mol. The van der Waals surface area contributed by atoms with E-state index in [0.29, 0.717) is 0 Å². The quantitative estimate of drug-likeness (QED) is 0.780. The van der Waals surface area contributed by atoms with Crippen LogP contribution in [0.2, 0.25) is 0 Å². The first-order valence-corrected chi connectivity index (χ1v) is 5.73. The van der Waals surface area contributed by atoms with E-state index < -0.39 is 0 Å². The van der Waals surface area contributed by atoms with Gasteiger partial charge >= 0.3 is 0 Å². The zero-order valence-corrected chi connectivity index (χ0v) is 10.1. The predicted molar refractivity (Wildman–Crippen MR) is 58.0 cm³/mol. The predicted octanol–water partition coefficient (Wildman–Crippen LogP) is 3.06. The van der Waals surface area contributed by atoms with Crippen LogP contribution < -0.4 is 0 Å². The maximum absolute atomic E-state index is 10.9. The van der Waals surface area contributed by atoms with Gasteiger partial charge in [-0.1, -0.05) is 13.8 Å². The summed E-state index contributed by atoms with van der Waals surface area (Å²) in [5, 5.41) is 0. The Balaban J connectivity index is 2.78. The third-order valence-electron chi connectivity index (χ3n) is 2.25. The summed E-state index contributed by atoms with van der Waals surface area (Å²) in [5.74, 6) is 0. The first-order chi connectivity index (χ1) is 6.11. The molecule has 0 saturated carbocycles. The van der Waals surface area contributed by atoms with Crippen molar-refractivity contribution < 1.29 is 4.79 Å². The van der Waals surface area contributed by atoms with E-state index in [1.54, 1.807) is 6.20 Å². The minimum absolute atomic E-state index is 0.241. The van der Waals surface area contributed by atoms with Crippen molar-refractivity contribution in [3.63, 3.8) is 0 Å². The smallest absolute Gasteiger partial charge is 0.126 e. The fourth-order valence-corrected chi connectivity index (χ4v) is 2.40. The maximum Gasteiger partial charge on any atom is 0.126 e. The van der Waals surface area contributed by atoms with E-state index in [1.807, 2.05) is 13.8 Å². The summed E-state index contributed by atoms with van der Waals surface area (Å²) in [6.07, 6.45) is 4.46. The average Bonchev–Trinajstić information content (AvgIpc) is 2.52. The Kier molecular flexibility index (Phi) is 3.62. The Labute approximate surface area is 90.7 Å². The van der Waals surface area contributed by atoms with E-state index in [2.05, 4.69) is 20.3 Å². The van der Waals surface area contributed by atoms with E-state index in [1.165, 1.54) is 11.5 Å². The molecule has 1 aromatic heterocycles. The number of aldehydes is 1. The Morgan fingerprint density at radius 3 is 2.85 bits per heavy atom. The normalized spacial score (nSPS) is 15.3. The molecule has 0 fully saturated rings. The van der Waals surface area contributed by atoms with Gasteiger partial charge in [-0.05, 0) is 40.3 Å². The summed E-state index contributed by atoms with van der Waals surface area (Å²) < 4.78 is 5.07. The van der Waals surface area contributed by atoms with Crippen molar-refractivity contribution in [2.75, 3.05) is 0 Å². The summed E-state index contributed by atoms with van der Waals surface area (Å²) in [4.78, 5) is 12.0. The molecule has 13 heavy (non-hydrogen) atoms. The molecule has 0 bridgehead atoms. The van der Waals surface area contributed by atoms with Crippen LogP contribution in [0.15, 0.2) is 10.7 Å². The monoisotopic (exact) mass is 261 g/mol. The lowest BCUT2D eigenvalue weighted by molar-refractivity contribution is -0.115. The minimum Gasteiger partial charge on any atom is -0.303 e. The molecular formula is C9H12BrNOS. The molecule has 0 aromatic carbocycles. The van der Waals surface area contributed by atoms with Gasteiger partial charge in [0.05, 0.1) is 10.7 Å². The second kappa shape index (κ2) is 4.33. The fraction of sp³-hybridized carbons (Fsp3) is 0.556. The van der Waals surface area contributed by atoms with Crippen LogP contribution >= 0.6 is 27.5 Å². The van der Waals surface area contributed by atoms with E-state index in [0.717, 1.165) is 28.5 Å². The molecule has 2 nitrogen and oxygen atoms in total. The van der Waals surface area contributed by atoms with Crippen molar-refractivity contribution in [2.24, 2.45) is 5.41 Å². The van der Waals surface area contributed by atoms with Crippen LogP contribution in [0.1, 0.15) is 25.1 Å². The molecule has 0 spiro atoms. The highest BCUT2D eigenvalue weighted by Crippen LogP contribution is 2.30. The van der Waals surface area contributed by atoms with Crippen LogP contribution in [0.4, 0.5) is 0 Å². The van der Waals surface area contributed by atoms with Gasteiger partial charge in [0.15, 0.2) is 0 Å². The molecule has 0 amide bonds. The molecule has 1 unspecified atom stereocenters. The molecule has 0 aliphatic carbocycles. The topological polar surface area (TPSA) is 30.0 Å². The third kappa shape index (κ3) is 2.61. The SMILES string of the molecule is CCC(C)(C=O)Cc1sncc1Br. The van der Waals surface area contributed by atoms with Gasteiger partial charge in [-0.3, -0.25) is 0 Å². The number of halogens is 1. The molecule has 1 rings (SSSR count). The number of carbonyl (C=O) groups is 1. The van der Waals surface area contributed by atoms with Crippen molar-refractivity contribution in [1.82, 2.24) is 4.37 Å². The third-order valence-corrected chi connectivity index (χ3v) is 3.99. The Hall–Kier alpha value is -0.220. The molecule has 0 aliphatic heterocycles. The number of rotatable bonds is 4. The van der Waals surface area contributed by atoms with E-state index >= 15 is 0 Å². The number of aromatic nitrogens is 1. The molecule has 4 heteroatoms. The van der Waals surface area contributed by atoms with Crippen molar-refractivity contribution in [2.45, 2.75) is 26.7 Å². The van der Waals surface area contributed by atoms with Gasteiger partial charge in [0.25, 0.3) is 0 Å². The maximum atomic E-state index is 10.9. The van der Waals surface area contributed by atoms with Crippen LogP contribution in [0.25, 0.3) is 0 Å². The summed E-state index contributed by atoms with van der Waals surface area (Å²) in [5.41, 5.74) is -0.241. The number of nitrogens with zero attached hydrogens (tertiary/aromatic N) is 1.